The van der Waals surface area contributed by atoms with Gasteiger partial charge in [0.15, 0.2) is 0 Å². The van der Waals surface area contributed by atoms with E-state index in [0.717, 1.165) is 19.3 Å². The molecule has 1 nitrogen and oxygen atoms in total. The number of rotatable bonds is 5. The minimum atomic E-state index is 0.352. The molecule has 2 unspecified atom stereocenters. The fourth-order valence-electron chi connectivity index (χ4n) is 0.825. The molecule has 0 aliphatic heterocycles. The zero-order valence-corrected chi connectivity index (χ0v) is 8.42. The van der Waals surface area contributed by atoms with Crippen LogP contribution in [0.1, 0.15) is 40.0 Å². The van der Waals surface area contributed by atoms with Crippen LogP contribution < -0.4 is 0 Å². The maximum atomic E-state index is 5.66. The lowest BCUT2D eigenvalue weighted by molar-refractivity contribution is 0.0286. The van der Waals surface area contributed by atoms with Gasteiger partial charge in [0.25, 0.3) is 0 Å². The summed E-state index contributed by atoms with van der Waals surface area (Å²) in [5.74, 6) is 0.352. The minimum Gasteiger partial charge on any atom is -0.371 e. The summed E-state index contributed by atoms with van der Waals surface area (Å²) in [4.78, 5) is 0. The third kappa shape index (κ3) is 4.24. The summed E-state index contributed by atoms with van der Waals surface area (Å²) in [6, 6.07) is 0. The molecule has 0 aliphatic rings. The fourth-order valence-corrected chi connectivity index (χ4v) is 1.05. The normalized spacial score (nSPS) is 14.1. The molecule has 0 aromatic carbocycles. The SMILES string of the molecule is CCC(P)OC(CC)CC. The van der Waals surface area contributed by atoms with E-state index in [9.17, 15) is 0 Å². The smallest absolute Gasteiger partial charge is 0.0709 e. The molecule has 0 spiro atoms. The predicted octanol–water partition coefficient (Wildman–Crippen LogP) is 2.80. The predicted molar refractivity (Wildman–Crippen MR) is 49.2 cm³/mol. The molecular formula is C8H19OP. The summed E-state index contributed by atoms with van der Waals surface area (Å²) in [6.07, 6.45) is 3.80. The molecule has 0 rings (SSSR count). The average Bonchev–Trinajstić information content (AvgIpc) is 1.99. The number of hydrogen-bond donors (Lipinski definition) is 0. The van der Waals surface area contributed by atoms with E-state index in [2.05, 4.69) is 30.0 Å². The number of hydrogen-bond acceptors (Lipinski definition) is 1. The summed E-state index contributed by atoms with van der Waals surface area (Å²) in [7, 11) is 2.71. The van der Waals surface area contributed by atoms with E-state index < -0.39 is 0 Å². The Kier molecular flexibility index (Phi) is 6.36. The standard InChI is InChI=1S/C8H19OP/c1-4-7(5-2)9-8(10)6-3/h7-8H,4-6,10H2,1-3H3. The van der Waals surface area contributed by atoms with Crippen LogP contribution in [0.5, 0.6) is 0 Å². The lowest BCUT2D eigenvalue weighted by atomic mass is 10.2. The van der Waals surface area contributed by atoms with E-state index in [1.54, 1.807) is 0 Å². The third-order valence-corrected chi connectivity index (χ3v) is 2.31. The van der Waals surface area contributed by atoms with Gasteiger partial charge >= 0.3 is 0 Å². The molecule has 0 aliphatic carbocycles. The molecule has 62 valence electrons. The Balaban J connectivity index is 3.41. The summed E-state index contributed by atoms with van der Waals surface area (Å²) < 4.78 is 5.66. The molecule has 10 heavy (non-hydrogen) atoms. The third-order valence-electron chi connectivity index (χ3n) is 1.68. The molecule has 0 heterocycles. The first-order valence-electron chi connectivity index (χ1n) is 4.15. The van der Waals surface area contributed by atoms with Crippen molar-refractivity contribution in [1.29, 1.82) is 0 Å². The van der Waals surface area contributed by atoms with E-state index in [1.807, 2.05) is 0 Å². The van der Waals surface area contributed by atoms with Crippen LogP contribution in [0.2, 0.25) is 0 Å². The Labute approximate surface area is 66.7 Å². The molecule has 0 aromatic heterocycles. The van der Waals surface area contributed by atoms with Gasteiger partial charge < -0.3 is 4.74 Å². The highest BCUT2D eigenvalue weighted by molar-refractivity contribution is 7.17. The van der Waals surface area contributed by atoms with E-state index in [1.165, 1.54) is 0 Å². The van der Waals surface area contributed by atoms with Crippen LogP contribution in [0, 0.1) is 0 Å². The molecular weight excluding hydrogens is 143 g/mol. The number of ether oxygens (including phenoxy) is 1. The molecule has 0 saturated heterocycles. The van der Waals surface area contributed by atoms with Crippen LogP contribution in [-0.4, -0.2) is 11.9 Å². The van der Waals surface area contributed by atoms with Crippen LogP contribution in [-0.2, 0) is 4.74 Å². The molecule has 0 fully saturated rings. The average molecular weight is 162 g/mol. The van der Waals surface area contributed by atoms with E-state index >= 15 is 0 Å². The Hall–Kier alpha value is 0.390. The first-order chi connectivity index (χ1) is 4.74. The van der Waals surface area contributed by atoms with Crippen molar-refractivity contribution in [1.82, 2.24) is 0 Å². The van der Waals surface area contributed by atoms with Crippen molar-refractivity contribution in [2.24, 2.45) is 0 Å². The lowest BCUT2D eigenvalue weighted by Gasteiger charge is -2.18. The van der Waals surface area contributed by atoms with Gasteiger partial charge in [-0.1, -0.05) is 20.8 Å². The highest BCUT2D eigenvalue weighted by Crippen LogP contribution is 2.13. The first-order valence-corrected chi connectivity index (χ1v) is 4.82. The van der Waals surface area contributed by atoms with Gasteiger partial charge in [0.1, 0.15) is 0 Å². The van der Waals surface area contributed by atoms with Crippen LogP contribution in [0.4, 0.5) is 0 Å². The summed E-state index contributed by atoms with van der Waals surface area (Å²) in [6.45, 7) is 6.47. The molecule has 2 atom stereocenters. The summed E-state index contributed by atoms with van der Waals surface area (Å²) >= 11 is 0. The topological polar surface area (TPSA) is 9.23 Å². The molecule has 2 heteroatoms. The Bertz CT molecular complexity index is 71.7. The molecule has 0 amide bonds. The zero-order valence-electron chi connectivity index (χ0n) is 7.26. The van der Waals surface area contributed by atoms with Gasteiger partial charge in [-0.05, 0) is 19.3 Å². The molecule has 0 saturated carbocycles. The second-order valence-electron chi connectivity index (χ2n) is 2.52. The maximum absolute atomic E-state index is 5.66. The van der Waals surface area contributed by atoms with Crippen molar-refractivity contribution in [2.45, 2.75) is 52.0 Å². The van der Waals surface area contributed by atoms with Crippen LogP contribution in [0.25, 0.3) is 0 Å². The van der Waals surface area contributed by atoms with E-state index in [0.29, 0.717) is 11.9 Å². The quantitative estimate of drug-likeness (QED) is 0.565. The van der Waals surface area contributed by atoms with Crippen molar-refractivity contribution in [2.75, 3.05) is 0 Å². The van der Waals surface area contributed by atoms with Gasteiger partial charge in [-0.25, -0.2) is 0 Å². The Morgan fingerprint density at radius 1 is 1.10 bits per heavy atom. The van der Waals surface area contributed by atoms with Gasteiger partial charge in [-0.2, -0.15) is 0 Å². The van der Waals surface area contributed by atoms with Crippen molar-refractivity contribution in [3.63, 3.8) is 0 Å². The summed E-state index contributed by atoms with van der Waals surface area (Å²) in [5.41, 5.74) is 0. The maximum Gasteiger partial charge on any atom is 0.0709 e. The molecule has 0 bridgehead atoms. The van der Waals surface area contributed by atoms with E-state index in [4.69, 9.17) is 4.74 Å². The van der Waals surface area contributed by atoms with Crippen LogP contribution >= 0.6 is 9.24 Å². The highest BCUT2D eigenvalue weighted by Gasteiger charge is 2.06. The van der Waals surface area contributed by atoms with Crippen LogP contribution in [0.3, 0.4) is 0 Å². The monoisotopic (exact) mass is 162 g/mol. The van der Waals surface area contributed by atoms with Gasteiger partial charge in [0.2, 0.25) is 0 Å². The van der Waals surface area contributed by atoms with Gasteiger partial charge in [0, 0.05) is 0 Å². The van der Waals surface area contributed by atoms with Crippen molar-refractivity contribution >= 4 is 9.24 Å². The lowest BCUT2D eigenvalue weighted by Crippen LogP contribution is -2.15. The van der Waals surface area contributed by atoms with Crippen molar-refractivity contribution < 1.29 is 4.74 Å². The van der Waals surface area contributed by atoms with Gasteiger partial charge in [-0.15, -0.1) is 9.24 Å². The highest BCUT2D eigenvalue weighted by atomic mass is 31.0. The molecule has 0 N–H and O–H groups in total. The van der Waals surface area contributed by atoms with Crippen molar-refractivity contribution in [3.8, 4) is 0 Å². The summed E-state index contributed by atoms with van der Waals surface area (Å²) in [5, 5.41) is 0. The zero-order chi connectivity index (χ0) is 7.98. The second-order valence-corrected chi connectivity index (χ2v) is 3.26. The van der Waals surface area contributed by atoms with Gasteiger partial charge in [0.05, 0.1) is 11.9 Å². The second kappa shape index (κ2) is 6.12. The fraction of sp³-hybridized carbons (Fsp3) is 1.00. The van der Waals surface area contributed by atoms with Crippen LogP contribution in [0.15, 0.2) is 0 Å². The molecule has 0 aromatic rings. The molecule has 0 radical (unpaired) electrons. The van der Waals surface area contributed by atoms with E-state index in [-0.39, 0.29) is 0 Å². The Morgan fingerprint density at radius 2 is 1.60 bits per heavy atom. The minimum absolute atomic E-state index is 0.352. The van der Waals surface area contributed by atoms with Gasteiger partial charge in [-0.3, -0.25) is 0 Å². The largest absolute Gasteiger partial charge is 0.371 e. The first kappa shape index (κ1) is 10.4. The van der Waals surface area contributed by atoms with Crippen molar-refractivity contribution in [3.05, 3.63) is 0 Å². The Morgan fingerprint density at radius 3 is 1.90 bits per heavy atom.